The van der Waals surface area contributed by atoms with Crippen LogP contribution in [0, 0.1) is 34.5 Å². The molecule has 2 aromatic rings. The molecule has 8 bridgehead atoms. The number of nitrogens with two attached hydrogens (primary N) is 1. The molecule has 0 amide bonds. The van der Waals surface area contributed by atoms with Crippen molar-refractivity contribution in [3.63, 3.8) is 0 Å². The molecule has 0 spiro atoms. The van der Waals surface area contributed by atoms with Gasteiger partial charge < -0.3 is 11.1 Å². The Balaban J connectivity index is 0.000000141. The van der Waals surface area contributed by atoms with Crippen LogP contribution in [-0.4, -0.2) is 18.1 Å². The SMILES string of the molecule is CC(C)NC(C)C12CC3CC(CC(c4ccc(Cl)cc4)(C3)C1)C2.CC(N)C12CC3CC(CC(c4ccc(Cl)cc4)(C3)C1)C2. The number of halogens is 2. The number of benzene rings is 2. The molecule has 2 aromatic carbocycles. The van der Waals surface area contributed by atoms with Crippen LogP contribution in [-0.2, 0) is 10.8 Å². The first kappa shape index (κ1) is 30.6. The zero-order valence-corrected chi connectivity index (χ0v) is 28.5. The minimum atomic E-state index is 0.333. The Hall–Kier alpha value is -1.06. The minimum absolute atomic E-state index is 0.333. The van der Waals surface area contributed by atoms with Crippen molar-refractivity contribution in [2.45, 2.75) is 134 Å². The topological polar surface area (TPSA) is 38.0 Å². The van der Waals surface area contributed by atoms with Gasteiger partial charge in [-0.15, -0.1) is 0 Å². The number of hydrogen-bond donors (Lipinski definition) is 2. The van der Waals surface area contributed by atoms with Crippen LogP contribution in [0.3, 0.4) is 0 Å². The zero-order chi connectivity index (χ0) is 30.2. The van der Waals surface area contributed by atoms with E-state index in [1.54, 1.807) is 5.56 Å². The second-order valence-electron chi connectivity index (χ2n) is 17.1. The molecule has 6 atom stereocenters. The molecule has 0 radical (unpaired) electrons. The first-order valence-corrected chi connectivity index (χ1v) is 18.2. The van der Waals surface area contributed by atoms with Gasteiger partial charge in [-0.05, 0) is 172 Å². The van der Waals surface area contributed by atoms with E-state index in [2.05, 4.69) is 81.5 Å². The lowest BCUT2D eigenvalue weighted by atomic mass is 9.41. The Morgan fingerprint density at radius 3 is 1.35 bits per heavy atom. The van der Waals surface area contributed by atoms with Crippen molar-refractivity contribution in [3.05, 3.63) is 69.7 Å². The predicted octanol–water partition coefficient (Wildman–Crippen LogP) is 10.1. The fourth-order valence-corrected chi connectivity index (χ4v) is 12.9. The quantitative estimate of drug-likeness (QED) is 0.337. The van der Waals surface area contributed by atoms with Crippen LogP contribution < -0.4 is 11.1 Å². The fraction of sp³-hybridized carbons (Fsp3) is 0.692. The summed E-state index contributed by atoms with van der Waals surface area (Å²) in [6, 6.07) is 19.0. The number of nitrogens with one attached hydrogen (secondary N) is 1. The first-order chi connectivity index (χ1) is 20.4. The van der Waals surface area contributed by atoms with Crippen LogP contribution in [0.4, 0.5) is 0 Å². The maximum absolute atomic E-state index is 6.43. The van der Waals surface area contributed by atoms with Crippen molar-refractivity contribution in [1.29, 1.82) is 0 Å². The Bertz CT molecular complexity index is 1270. The Kier molecular flexibility index (Phi) is 7.85. The highest BCUT2D eigenvalue weighted by Gasteiger charge is 2.60. The summed E-state index contributed by atoms with van der Waals surface area (Å²) >= 11 is 12.2. The van der Waals surface area contributed by atoms with E-state index in [1.165, 1.54) is 82.6 Å². The van der Waals surface area contributed by atoms with Crippen LogP contribution >= 0.6 is 23.2 Å². The molecule has 4 heteroatoms. The highest BCUT2D eigenvalue weighted by molar-refractivity contribution is 6.30. The normalized spacial score (nSPS) is 41.7. The molecule has 8 fully saturated rings. The molecule has 2 nitrogen and oxygen atoms in total. The van der Waals surface area contributed by atoms with Gasteiger partial charge in [-0.3, -0.25) is 0 Å². The third-order valence-electron chi connectivity index (χ3n) is 13.6. The maximum atomic E-state index is 6.43. The van der Waals surface area contributed by atoms with E-state index < -0.39 is 0 Å². The van der Waals surface area contributed by atoms with Gasteiger partial charge in [-0.2, -0.15) is 0 Å². The molecule has 3 N–H and O–H groups in total. The fourth-order valence-electron chi connectivity index (χ4n) is 12.7. The number of hydrogen-bond acceptors (Lipinski definition) is 2. The summed E-state index contributed by atoms with van der Waals surface area (Å²) in [5.74, 6) is 3.67. The summed E-state index contributed by atoms with van der Waals surface area (Å²) in [6.45, 7) is 9.25. The molecular formula is C39H54Cl2N2. The van der Waals surface area contributed by atoms with Gasteiger partial charge >= 0.3 is 0 Å². The van der Waals surface area contributed by atoms with Crippen LogP contribution in [0.1, 0.15) is 116 Å². The standard InChI is InChI=1S/C21H30ClN.C18H24ClN/c1-14(2)23-15(3)20-9-16-8-17(10-20)12-21(11-16,13-20)18-4-6-19(22)7-5-18;1-12(20)17-7-13-6-14(8-17)10-18(9-13,11-17)15-2-4-16(19)5-3-15/h4-7,14-17,23H,8-13H2,1-3H3;2-5,12-14H,6-11,20H2,1H3. The van der Waals surface area contributed by atoms with E-state index in [0.717, 1.165) is 33.7 Å². The van der Waals surface area contributed by atoms with Gasteiger partial charge in [0.2, 0.25) is 0 Å². The largest absolute Gasteiger partial charge is 0.327 e. The second kappa shape index (κ2) is 11.0. The van der Waals surface area contributed by atoms with Gasteiger partial charge in [-0.1, -0.05) is 61.3 Å². The summed E-state index contributed by atoms with van der Waals surface area (Å²) in [5, 5.41) is 5.57. The lowest BCUT2D eigenvalue weighted by molar-refractivity contribution is -0.0891. The molecule has 0 saturated heterocycles. The van der Waals surface area contributed by atoms with E-state index in [4.69, 9.17) is 28.9 Å². The summed E-state index contributed by atoms with van der Waals surface area (Å²) < 4.78 is 0. The lowest BCUT2D eigenvalue weighted by Crippen LogP contribution is -2.60. The van der Waals surface area contributed by atoms with Crippen LogP contribution in [0.15, 0.2) is 48.5 Å². The van der Waals surface area contributed by atoms with Crippen molar-refractivity contribution in [2.24, 2.45) is 40.2 Å². The maximum Gasteiger partial charge on any atom is 0.0406 e. The molecule has 10 rings (SSSR count). The van der Waals surface area contributed by atoms with Gasteiger partial charge in [0.25, 0.3) is 0 Å². The molecule has 43 heavy (non-hydrogen) atoms. The van der Waals surface area contributed by atoms with E-state index in [-0.39, 0.29) is 0 Å². The van der Waals surface area contributed by atoms with Gasteiger partial charge in [0.15, 0.2) is 0 Å². The summed E-state index contributed by atoms with van der Waals surface area (Å²) in [5.41, 5.74) is 11.2. The van der Waals surface area contributed by atoms with Crippen LogP contribution in [0.25, 0.3) is 0 Å². The molecule has 8 aliphatic rings. The molecule has 0 aliphatic heterocycles. The second-order valence-corrected chi connectivity index (χ2v) is 17.9. The molecule has 6 unspecified atom stereocenters. The van der Waals surface area contributed by atoms with E-state index in [0.29, 0.717) is 39.8 Å². The predicted molar refractivity (Wildman–Crippen MR) is 182 cm³/mol. The average Bonchev–Trinajstić information content (AvgIpc) is 2.92. The monoisotopic (exact) mass is 620 g/mol. The minimum Gasteiger partial charge on any atom is -0.327 e. The summed E-state index contributed by atoms with van der Waals surface area (Å²) in [7, 11) is 0. The molecule has 8 aliphatic carbocycles. The van der Waals surface area contributed by atoms with Crippen molar-refractivity contribution in [2.75, 3.05) is 0 Å². The van der Waals surface area contributed by atoms with E-state index in [1.807, 2.05) is 0 Å². The van der Waals surface area contributed by atoms with Crippen molar-refractivity contribution in [1.82, 2.24) is 5.32 Å². The molecule has 8 saturated carbocycles. The van der Waals surface area contributed by atoms with Crippen LogP contribution in [0.5, 0.6) is 0 Å². The smallest absolute Gasteiger partial charge is 0.0406 e. The zero-order valence-electron chi connectivity index (χ0n) is 27.0. The number of rotatable bonds is 6. The Morgan fingerprint density at radius 1 is 0.605 bits per heavy atom. The average molecular weight is 622 g/mol. The highest BCUT2D eigenvalue weighted by atomic mass is 35.5. The lowest BCUT2D eigenvalue weighted by Gasteiger charge is -2.64. The van der Waals surface area contributed by atoms with Crippen molar-refractivity contribution >= 4 is 23.2 Å². The van der Waals surface area contributed by atoms with Crippen molar-refractivity contribution in [3.8, 4) is 0 Å². The van der Waals surface area contributed by atoms with Crippen molar-refractivity contribution < 1.29 is 0 Å². The molecule has 234 valence electrons. The molecular weight excluding hydrogens is 567 g/mol. The highest BCUT2D eigenvalue weighted by Crippen LogP contribution is 2.68. The van der Waals surface area contributed by atoms with Crippen LogP contribution in [0.2, 0.25) is 10.0 Å². The molecule has 0 heterocycles. The Morgan fingerprint density at radius 2 is 0.977 bits per heavy atom. The summed E-state index contributed by atoms with van der Waals surface area (Å²) in [4.78, 5) is 0. The third kappa shape index (κ3) is 5.43. The first-order valence-electron chi connectivity index (χ1n) is 17.5. The van der Waals surface area contributed by atoms with Gasteiger partial charge in [-0.25, -0.2) is 0 Å². The van der Waals surface area contributed by atoms with E-state index in [9.17, 15) is 0 Å². The summed E-state index contributed by atoms with van der Waals surface area (Å²) in [6.07, 6.45) is 16.8. The Labute approximate surface area is 271 Å². The van der Waals surface area contributed by atoms with Gasteiger partial charge in [0, 0.05) is 28.2 Å². The van der Waals surface area contributed by atoms with Gasteiger partial charge in [0.1, 0.15) is 0 Å². The molecule has 0 aromatic heterocycles. The van der Waals surface area contributed by atoms with E-state index >= 15 is 0 Å². The van der Waals surface area contributed by atoms with Gasteiger partial charge in [0.05, 0.1) is 0 Å². The third-order valence-corrected chi connectivity index (χ3v) is 14.1.